The fraction of sp³-hybridized carbons (Fsp3) is 0.316. The van der Waals surface area contributed by atoms with E-state index in [1.165, 1.54) is 12.8 Å². The lowest BCUT2D eigenvalue weighted by molar-refractivity contribution is 0.101. The quantitative estimate of drug-likeness (QED) is 0.723. The van der Waals surface area contributed by atoms with E-state index in [0.29, 0.717) is 18.1 Å². The minimum atomic E-state index is 0.0410. The number of ketones is 1. The van der Waals surface area contributed by atoms with Crippen LogP contribution in [0, 0.1) is 12.8 Å². The number of carbonyl (C=O) groups excluding carboxylic acids is 1. The zero-order valence-corrected chi connectivity index (χ0v) is 13.8. The van der Waals surface area contributed by atoms with Gasteiger partial charge < -0.3 is 9.72 Å². The average Bonchev–Trinajstić information content (AvgIpc) is 3.27. The molecule has 1 N–H and O–H groups in total. The summed E-state index contributed by atoms with van der Waals surface area (Å²) in [7, 11) is 0. The van der Waals surface area contributed by atoms with Gasteiger partial charge in [-0.15, -0.1) is 0 Å². The highest BCUT2D eigenvalue weighted by atomic mass is 16.5. The van der Waals surface area contributed by atoms with E-state index in [2.05, 4.69) is 15.0 Å². The summed E-state index contributed by atoms with van der Waals surface area (Å²) in [6, 6.07) is 5.75. The van der Waals surface area contributed by atoms with Gasteiger partial charge >= 0.3 is 0 Å². The van der Waals surface area contributed by atoms with Crippen LogP contribution in [0.3, 0.4) is 0 Å². The first-order chi connectivity index (χ1) is 11.6. The number of nitrogens with zero attached hydrogens (tertiary/aromatic N) is 2. The van der Waals surface area contributed by atoms with Crippen molar-refractivity contribution in [3.05, 3.63) is 41.9 Å². The van der Waals surface area contributed by atoms with Gasteiger partial charge in [0.1, 0.15) is 17.8 Å². The van der Waals surface area contributed by atoms with E-state index in [1.807, 2.05) is 31.3 Å². The molecule has 4 rings (SSSR count). The Morgan fingerprint density at radius 3 is 2.92 bits per heavy atom. The summed E-state index contributed by atoms with van der Waals surface area (Å²) in [5.74, 6) is 1.47. The lowest BCUT2D eigenvalue weighted by atomic mass is 9.99. The SMILES string of the molecule is CC(=O)c1cc(-c2ncnc3cc[nH]c23)c(OCC2CC2)cc1C. The van der Waals surface area contributed by atoms with Gasteiger partial charge in [-0.25, -0.2) is 9.97 Å². The molecule has 122 valence electrons. The van der Waals surface area contributed by atoms with Gasteiger partial charge in [0.15, 0.2) is 5.78 Å². The minimum Gasteiger partial charge on any atom is -0.493 e. The normalized spacial score (nSPS) is 14.1. The van der Waals surface area contributed by atoms with E-state index >= 15 is 0 Å². The highest BCUT2D eigenvalue weighted by Crippen LogP contribution is 2.37. The van der Waals surface area contributed by atoms with Crippen molar-refractivity contribution in [2.45, 2.75) is 26.7 Å². The molecule has 1 aromatic carbocycles. The maximum Gasteiger partial charge on any atom is 0.160 e. The Hall–Kier alpha value is -2.69. The standard InChI is InChI=1S/C19H19N3O2/c1-11-7-17(24-9-13-3-4-13)15(8-14(11)12(2)23)18-19-16(5-6-20-19)21-10-22-18/h5-8,10,13,20H,3-4,9H2,1-2H3. The number of aryl methyl sites for hydroxylation is 1. The van der Waals surface area contributed by atoms with Crippen LogP contribution >= 0.6 is 0 Å². The summed E-state index contributed by atoms with van der Waals surface area (Å²) >= 11 is 0. The Bertz CT molecular complexity index is 926. The fourth-order valence-corrected chi connectivity index (χ4v) is 2.93. The van der Waals surface area contributed by atoms with Crippen LogP contribution in [0.1, 0.15) is 35.7 Å². The topological polar surface area (TPSA) is 67.9 Å². The van der Waals surface area contributed by atoms with Crippen molar-refractivity contribution >= 4 is 16.8 Å². The monoisotopic (exact) mass is 321 g/mol. The van der Waals surface area contributed by atoms with Crippen LogP contribution in [0.2, 0.25) is 0 Å². The first-order valence-electron chi connectivity index (χ1n) is 8.20. The number of H-pyrrole nitrogens is 1. The zero-order chi connectivity index (χ0) is 16.7. The number of aromatic amines is 1. The largest absolute Gasteiger partial charge is 0.493 e. The Morgan fingerprint density at radius 2 is 2.17 bits per heavy atom. The van der Waals surface area contributed by atoms with Gasteiger partial charge in [-0.3, -0.25) is 4.79 Å². The number of aromatic nitrogens is 3. The summed E-state index contributed by atoms with van der Waals surface area (Å²) in [6.45, 7) is 4.24. The first kappa shape index (κ1) is 14.9. The molecule has 0 bridgehead atoms. The second kappa shape index (κ2) is 5.74. The highest BCUT2D eigenvalue weighted by molar-refractivity contribution is 5.99. The van der Waals surface area contributed by atoms with Crippen molar-refractivity contribution in [3.63, 3.8) is 0 Å². The molecule has 0 saturated heterocycles. The Kier molecular flexibility index (Phi) is 3.56. The van der Waals surface area contributed by atoms with E-state index in [-0.39, 0.29) is 5.78 Å². The lowest BCUT2D eigenvalue weighted by Crippen LogP contribution is -2.04. The lowest BCUT2D eigenvalue weighted by Gasteiger charge is -2.14. The van der Waals surface area contributed by atoms with Crippen LogP contribution in [-0.4, -0.2) is 27.3 Å². The van der Waals surface area contributed by atoms with Gasteiger partial charge in [0.2, 0.25) is 0 Å². The molecule has 2 aromatic heterocycles. The second-order valence-corrected chi connectivity index (χ2v) is 6.43. The van der Waals surface area contributed by atoms with Gasteiger partial charge in [0.05, 0.1) is 17.6 Å². The molecular formula is C19H19N3O2. The van der Waals surface area contributed by atoms with Crippen molar-refractivity contribution in [2.24, 2.45) is 5.92 Å². The van der Waals surface area contributed by atoms with Crippen LogP contribution in [0.25, 0.3) is 22.3 Å². The maximum absolute atomic E-state index is 12.0. The molecule has 0 unspecified atom stereocenters. The van der Waals surface area contributed by atoms with E-state index in [1.54, 1.807) is 13.3 Å². The van der Waals surface area contributed by atoms with Crippen LogP contribution in [0.4, 0.5) is 0 Å². The number of hydrogen-bond donors (Lipinski definition) is 1. The molecule has 0 radical (unpaired) electrons. The van der Waals surface area contributed by atoms with Crippen molar-refractivity contribution in [1.29, 1.82) is 0 Å². The number of benzene rings is 1. The van der Waals surface area contributed by atoms with Crippen molar-refractivity contribution in [2.75, 3.05) is 6.61 Å². The number of hydrogen-bond acceptors (Lipinski definition) is 4. The molecule has 24 heavy (non-hydrogen) atoms. The molecule has 3 aromatic rings. The number of Topliss-reactive ketones (excluding diaryl/α,β-unsaturated/α-hetero) is 1. The Balaban J connectivity index is 1.88. The summed E-state index contributed by atoms with van der Waals surface area (Å²) in [6.07, 6.45) is 5.85. The molecule has 5 nitrogen and oxygen atoms in total. The summed E-state index contributed by atoms with van der Waals surface area (Å²) < 4.78 is 6.07. The predicted molar refractivity (Wildman–Crippen MR) is 92.3 cm³/mol. The highest BCUT2D eigenvalue weighted by Gasteiger charge is 2.23. The third kappa shape index (κ3) is 2.66. The summed E-state index contributed by atoms with van der Waals surface area (Å²) in [4.78, 5) is 23.9. The molecule has 2 heterocycles. The molecule has 0 atom stereocenters. The Labute approximate surface area is 140 Å². The van der Waals surface area contributed by atoms with E-state index < -0.39 is 0 Å². The van der Waals surface area contributed by atoms with Crippen molar-refractivity contribution in [3.8, 4) is 17.0 Å². The van der Waals surface area contributed by atoms with E-state index in [0.717, 1.165) is 33.6 Å². The number of fused-ring (bicyclic) bond motifs is 1. The summed E-state index contributed by atoms with van der Waals surface area (Å²) in [5.41, 5.74) is 4.92. The summed E-state index contributed by atoms with van der Waals surface area (Å²) in [5, 5.41) is 0. The predicted octanol–water partition coefficient (Wildman–Crippen LogP) is 3.92. The molecule has 0 aliphatic heterocycles. The van der Waals surface area contributed by atoms with Gasteiger partial charge in [-0.2, -0.15) is 0 Å². The molecular weight excluding hydrogens is 302 g/mol. The third-order valence-electron chi connectivity index (χ3n) is 4.48. The van der Waals surface area contributed by atoms with Crippen LogP contribution in [0.15, 0.2) is 30.7 Å². The maximum atomic E-state index is 12.0. The van der Waals surface area contributed by atoms with Crippen LogP contribution in [-0.2, 0) is 0 Å². The third-order valence-corrected chi connectivity index (χ3v) is 4.48. The number of carbonyl (C=O) groups is 1. The number of nitrogens with one attached hydrogen (secondary N) is 1. The smallest absolute Gasteiger partial charge is 0.160 e. The molecule has 1 fully saturated rings. The molecule has 1 aliphatic rings. The zero-order valence-electron chi connectivity index (χ0n) is 13.8. The number of rotatable bonds is 5. The minimum absolute atomic E-state index is 0.0410. The van der Waals surface area contributed by atoms with Gasteiger partial charge in [0, 0.05) is 17.3 Å². The fourth-order valence-electron chi connectivity index (χ4n) is 2.93. The average molecular weight is 321 g/mol. The van der Waals surface area contributed by atoms with Crippen LogP contribution < -0.4 is 4.74 Å². The Morgan fingerprint density at radius 1 is 1.33 bits per heavy atom. The molecule has 0 amide bonds. The molecule has 0 spiro atoms. The van der Waals surface area contributed by atoms with Gasteiger partial charge in [-0.1, -0.05) is 0 Å². The van der Waals surface area contributed by atoms with Gasteiger partial charge in [-0.05, 0) is 56.4 Å². The van der Waals surface area contributed by atoms with Crippen molar-refractivity contribution < 1.29 is 9.53 Å². The first-order valence-corrected chi connectivity index (χ1v) is 8.20. The molecule has 1 saturated carbocycles. The van der Waals surface area contributed by atoms with Gasteiger partial charge in [0.25, 0.3) is 0 Å². The van der Waals surface area contributed by atoms with E-state index in [4.69, 9.17) is 4.74 Å². The molecule has 5 heteroatoms. The molecule has 1 aliphatic carbocycles. The van der Waals surface area contributed by atoms with E-state index in [9.17, 15) is 4.79 Å². The van der Waals surface area contributed by atoms with Crippen molar-refractivity contribution in [1.82, 2.24) is 15.0 Å². The van der Waals surface area contributed by atoms with Crippen LogP contribution in [0.5, 0.6) is 5.75 Å². The number of ether oxygens (including phenoxy) is 1. The second-order valence-electron chi connectivity index (χ2n) is 6.43.